The largest absolute Gasteiger partial charge is 0.493 e. The Balaban J connectivity index is 0.00000392. The maximum Gasteiger partial charge on any atom is 0.203 e. The number of hydrogen-bond donors (Lipinski definition) is 1. The summed E-state index contributed by atoms with van der Waals surface area (Å²) < 4.78 is 16.3. The van der Waals surface area contributed by atoms with E-state index in [1.165, 1.54) is 12.8 Å². The normalized spacial score (nSPS) is 16.8. The summed E-state index contributed by atoms with van der Waals surface area (Å²) in [6, 6.07) is 3.92. The first-order valence-corrected chi connectivity index (χ1v) is 9.84. The molecule has 0 aromatic heterocycles. The van der Waals surface area contributed by atoms with Crippen LogP contribution in [-0.4, -0.2) is 51.8 Å². The van der Waals surface area contributed by atoms with Gasteiger partial charge in [0.15, 0.2) is 17.5 Å². The van der Waals surface area contributed by atoms with Crippen LogP contribution in [-0.2, 0) is 6.54 Å². The number of likely N-dealkylation sites (tertiary alicyclic amines) is 1. The number of benzene rings is 1. The lowest BCUT2D eigenvalue weighted by molar-refractivity contribution is 0.324. The summed E-state index contributed by atoms with van der Waals surface area (Å²) in [5.41, 5.74) is 1.03. The second kappa shape index (κ2) is 12.2. The highest BCUT2D eigenvalue weighted by molar-refractivity contribution is 14.0. The number of hydrogen-bond acceptors (Lipinski definition) is 4. The highest BCUT2D eigenvalue weighted by Gasteiger charge is 2.25. The number of ether oxygens (including phenoxy) is 3. The van der Waals surface area contributed by atoms with Crippen LogP contribution in [0.25, 0.3) is 0 Å². The number of guanidine groups is 1. The molecule has 0 bridgehead atoms. The van der Waals surface area contributed by atoms with Crippen LogP contribution < -0.4 is 19.5 Å². The van der Waals surface area contributed by atoms with E-state index < -0.39 is 0 Å². The molecule has 1 fully saturated rings. The summed E-state index contributed by atoms with van der Waals surface area (Å²) in [5.74, 6) is 4.41. The van der Waals surface area contributed by atoms with Crippen molar-refractivity contribution in [2.24, 2.45) is 16.8 Å². The molecule has 6 nitrogen and oxygen atoms in total. The third-order valence-corrected chi connectivity index (χ3v) is 4.86. The second-order valence-corrected chi connectivity index (χ2v) is 7.43. The molecule has 1 unspecified atom stereocenters. The molecule has 0 radical (unpaired) electrons. The fourth-order valence-electron chi connectivity index (χ4n) is 3.70. The minimum absolute atomic E-state index is 0. The van der Waals surface area contributed by atoms with Crippen molar-refractivity contribution in [3.05, 3.63) is 17.7 Å². The van der Waals surface area contributed by atoms with Gasteiger partial charge in [-0.1, -0.05) is 13.8 Å². The van der Waals surface area contributed by atoms with Gasteiger partial charge in [-0.05, 0) is 49.3 Å². The first-order chi connectivity index (χ1) is 13.0. The zero-order valence-corrected chi connectivity index (χ0v) is 20.4. The minimum atomic E-state index is 0. The van der Waals surface area contributed by atoms with Crippen LogP contribution in [0.4, 0.5) is 0 Å². The molecule has 2 rings (SSSR count). The Kier molecular flexibility index (Phi) is 10.8. The van der Waals surface area contributed by atoms with E-state index >= 15 is 0 Å². The van der Waals surface area contributed by atoms with Crippen LogP contribution in [0.3, 0.4) is 0 Å². The maximum absolute atomic E-state index is 5.44. The average Bonchev–Trinajstić information content (AvgIpc) is 3.11. The summed E-state index contributed by atoms with van der Waals surface area (Å²) in [6.45, 7) is 10.3. The van der Waals surface area contributed by atoms with Gasteiger partial charge in [-0.15, -0.1) is 24.0 Å². The van der Waals surface area contributed by atoms with Crippen molar-refractivity contribution in [1.82, 2.24) is 10.2 Å². The van der Waals surface area contributed by atoms with Gasteiger partial charge < -0.3 is 24.4 Å². The standard InChI is InChI=1S/C21H35N3O3.HI/c1-7-22-21(24-9-8-16(14-24)10-15(2)3)23-13-17-11-18(25-4)20(27-6)19(12-17)26-5;/h11-12,15-16H,7-10,13-14H2,1-6H3,(H,22,23);1H. The van der Waals surface area contributed by atoms with Crippen molar-refractivity contribution in [1.29, 1.82) is 0 Å². The van der Waals surface area contributed by atoms with Crippen molar-refractivity contribution < 1.29 is 14.2 Å². The summed E-state index contributed by atoms with van der Waals surface area (Å²) in [5, 5.41) is 3.44. The SMILES string of the molecule is CCNC(=NCc1cc(OC)c(OC)c(OC)c1)N1CCC(CC(C)C)C1.I. The van der Waals surface area contributed by atoms with Crippen molar-refractivity contribution in [3.63, 3.8) is 0 Å². The quantitative estimate of drug-likeness (QED) is 0.327. The van der Waals surface area contributed by atoms with Gasteiger partial charge in [-0.2, -0.15) is 0 Å². The predicted molar refractivity (Wildman–Crippen MR) is 125 cm³/mol. The molecule has 1 N–H and O–H groups in total. The number of aliphatic imine (C=N–C) groups is 1. The van der Waals surface area contributed by atoms with Crippen LogP contribution >= 0.6 is 24.0 Å². The Labute approximate surface area is 187 Å². The number of nitrogens with zero attached hydrogens (tertiary/aromatic N) is 2. The van der Waals surface area contributed by atoms with Crippen LogP contribution in [0.15, 0.2) is 17.1 Å². The third kappa shape index (κ3) is 6.60. The Morgan fingerprint density at radius 1 is 1.18 bits per heavy atom. The van der Waals surface area contributed by atoms with E-state index in [0.717, 1.165) is 43.0 Å². The lowest BCUT2D eigenvalue weighted by Crippen LogP contribution is -2.40. The molecule has 1 heterocycles. The molecule has 7 heteroatoms. The number of halogens is 1. The predicted octanol–water partition coefficient (Wildman–Crippen LogP) is 4.16. The molecule has 28 heavy (non-hydrogen) atoms. The lowest BCUT2D eigenvalue weighted by Gasteiger charge is -2.22. The highest BCUT2D eigenvalue weighted by Crippen LogP contribution is 2.38. The molecule has 1 saturated heterocycles. The average molecular weight is 505 g/mol. The van der Waals surface area contributed by atoms with E-state index in [9.17, 15) is 0 Å². The maximum atomic E-state index is 5.44. The Hall–Kier alpha value is -1.38. The topological polar surface area (TPSA) is 55.3 Å². The molecule has 0 saturated carbocycles. The Morgan fingerprint density at radius 3 is 2.32 bits per heavy atom. The van der Waals surface area contributed by atoms with Crippen LogP contribution in [0.2, 0.25) is 0 Å². The molecule has 1 atom stereocenters. The van der Waals surface area contributed by atoms with Crippen LogP contribution in [0, 0.1) is 11.8 Å². The smallest absolute Gasteiger partial charge is 0.203 e. The number of rotatable bonds is 8. The molecule has 1 aliphatic rings. The Morgan fingerprint density at radius 2 is 1.82 bits per heavy atom. The van der Waals surface area contributed by atoms with Crippen molar-refractivity contribution in [3.8, 4) is 17.2 Å². The second-order valence-electron chi connectivity index (χ2n) is 7.43. The van der Waals surface area contributed by atoms with Crippen molar-refractivity contribution in [2.45, 2.75) is 40.2 Å². The number of methoxy groups -OCH3 is 3. The van der Waals surface area contributed by atoms with Gasteiger partial charge in [0, 0.05) is 19.6 Å². The van der Waals surface area contributed by atoms with Gasteiger partial charge in [-0.25, -0.2) is 4.99 Å². The van der Waals surface area contributed by atoms with Gasteiger partial charge in [-0.3, -0.25) is 0 Å². The summed E-state index contributed by atoms with van der Waals surface area (Å²) in [7, 11) is 4.88. The molecule has 160 valence electrons. The van der Waals surface area contributed by atoms with Gasteiger partial charge in [0.25, 0.3) is 0 Å². The highest BCUT2D eigenvalue weighted by atomic mass is 127. The third-order valence-electron chi connectivity index (χ3n) is 4.86. The molecule has 0 amide bonds. The molecular formula is C21H36IN3O3. The zero-order valence-electron chi connectivity index (χ0n) is 18.1. The molecule has 1 aromatic rings. The fraction of sp³-hybridized carbons (Fsp3) is 0.667. The van der Waals surface area contributed by atoms with Crippen LogP contribution in [0.1, 0.15) is 39.2 Å². The minimum Gasteiger partial charge on any atom is -0.493 e. The molecule has 0 spiro atoms. The van der Waals surface area contributed by atoms with E-state index in [1.54, 1.807) is 21.3 Å². The van der Waals surface area contributed by atoms with Gasteiger partial charge in [0.2, 0.25) is 5.75 Å². The monoisotopic (exact) mass is 505 g/mol. The first-order valence-electron chi connectivity index (χ1n) is 9.84. The fourth-order valence-corrected chi connectivity index (χ4v) is 3.70. The summed E-state index contributed by atoms with van der Waals surface area (Å²) >= 11 is 0. The van der Waals surface area contributed by atoms with Gasteiger partial charge >= 0.3 is 0 Å². The molecular weight excluding hydrogens is 469 g/mol. The van der Waals surface area contributed by atoms with E-state index in [1.807, 2.05) is 12.1 Å². The van der Waals surface area contributed by atoms with Crippen LogP contribution in [0.5, 0.6) is 17.2 Å². The first kappa shape index (κ1) is 24.7. The molecule has 1 aliphatic heterocycles. The van der Waals surface area contributed by atoms with Crippen molar-refractivity contribution in [2.75, 3.05) is 41.0 Å². The lowest BCUT2D eigenvalue weighted by atomic mass is 9.97. The zero-order chi connectivity index (χ0) is 19.8. The van der Waals surface area contributed by atoms with Gasteiger partial charge in [0.1, 0.15) is 0 Å². The van der Waals surface area contributed by atoms with E-state index in [0.29, 0.717) is 23.8 Å². The summed E-state index contributed by atoms with van der Waals surface area (Å²) in [6.07, 6.45) is 2.52. The molecule has 1 aromatic carbocycles. The van der Waals surface area contributed by atoms with Crippen molar-refractivity contribution >= 4 is 29.9 Å². The van der Waals surface area contributed by atoms with E-state index in [2.05, 4.69) is 31.0 Å². The van der Waals surface area contributed by atoms with Gasteiger partial charge in [0.05, 0.1) is 27.9 Å². The molecule has 0 aliphatic carbocycles. The van der Waals surface area contributed by atoms with E-state index in [4.69, 9.17) is 19.2 Å². The van der Waals surface area contributed by atoms with E-state index in [-0.39, 0.29) is 24.0 Å². The number of nitrogens with one attached hydrogen (secondary N) is 1. The summed E-state index contributed by atoms with van der Waals surface area (Å²) in [4.78, 5) is 7.25. The Bertz CT molecular complexity index is 612.